The monoisotopic (exact) mass is 455 g/mol. The fourth-order valence-electron chi connectivity index (χ4n) is 3.55. The first-order valence-corrected chi connectivity index (χ1v) is 9.63. The van der Waals surface area contributed by atoms with Crippen LogP contribution in [0.5, 0.6) is 0 Å². The van der Waals surface area contributed by atoms with Crippen molar-refractivity contribution >= 4 is 29.0 Å². The molecular formula is C21H16F3N7O2. The largest absolute Gasteiger partial charge is 0.417 e. The molecule has 0 unspecified atom stereocenters. The maximum absolute atomic E-state index is 13.3. The number of hydrogen-bond acceptors (Lipinski definition) is 6. The normalized spacial score (nSPS) is 15.7. The van der Waals surface area contributed by atoms with Gasteiger partial charge in [0, 0.05) is 18.4 Å². The van der Waals surface area contributed by atoms with Crippen LogP contribution in [0.4, 0.5) is 30.4 Å². The van der Waals surface area contributed by atoms with Crippen molar-refractivity contribution in [2.75, 3.05) is 22.5 Å². The number of nitrogens with one attached hydrogen (secondary N) is 1. The maximum Gasteiger partial charge on any atom is 0.417 e. The van der Waals surface area contributed by atoms with Crippen molar-refractivity contribution in [2.45, 2.75) is 19.1 Å². The van der Waals surface area contributed by atoms with Crippen LogP contribution in [-0.2, 0) is 6.18 Å². The van der Waals surface area contributed by atoms with Gasteiger partial charge in [-0.05, 0) is 37.3 Å². The van der Waals surface area contributed by atoms with Gasteiger partial charge in [-0.25, -0.2) is 4.98 Å². The van der Waals surface area contributed by atoms with Gasteiger partial charge in [0.15, 0.2) is 5.69 Å². The molecular weight excluding hydrogens is 439 g/mol. The molecule has 1 atom stereocenters. The zero-order valence-electron chi connectivity index (χ0n) is 17.1. The topological polar surface area (TPSA) is 130 Å². The summed E-state index contributed by atoms with van der Waals surface area (Å²) >= 11 is 0. The summed E-state index contributed by atoms with van der Waals surface area (Å²) in [5.41, 5.74) is 4.37. The predicted octanol–water partition coefficient (Wildman–Crippen LogP) is 3.22. The van der Waals surface area contributed by atoms with E-state index in [4.69, 9.17) is 5.73 Å². The van der Waals surface area contributed by atoms with Crippen molar-refractivity contribution in [3.8, 4) is 6.07 Å². The summed E-state index contributed by atoms with van der Waals surface area (Å²) < 4.78 is 40.9. The van der Waals surface area contributed by atoms with Gasteiger partial charge in [-0.15, -0.1) is 0 Å². The highest BCUT2D eigenvalue weighted by atomic mass is 19.4. The third kappa shape index (κ3) is 3.96. The lowest BCUT2D eigenvalue weighted by Gasteiger charge is -2.32. The molecule has 0 saturated carbocycles. The number of carbonyl (C=O) groups is 2. The summed E-state index contributed by atoms with van der Waals surface area (Å²) in [5, 5.41) is 16.0. The van der Waals surface area contributed by atoms with E-state index in [1.54, 1.807) is 6.92 Å². The van der Waals surface area contributed by atoms with E-state index in [2.05, 4.69) is 15.4 Å². The number of carbonyl (C=O) groups excluding carboxylic acids is 2. The van der Waals surface area contributed by atoms with Gasteiger partial charge >= 0.3 is 6.18 Å². The molecule has 0 saturated heterocycles. The summed E-state index contributed by atoms with van der Waals surface area (Å²) in [6.07, 6.45) is -2.10. The number of rotatable bonds is 3. The van der Waals surface area contributed by atoms with Gasteiger partial charge in [0.25, 0.3) is 11.8 Å². The zero-order chi connectivity index (χ0) is 23.9. The average Bonchev–Trinajstić information content (AvgIpc) is 3.20. The van der Waals surface area contributed by atoms with Crippen molar-refractivity contribution < 1.29 is 22.8 Å². The Labute approximate surface area is 185 Å². The number of anilines is 3. The highest BCUT2D eigenvalue weighted by Crippen LogP contribution is 2.36. The molecule has 2 aromatic heterocycles. The molecule has 9 nitrogen and oxygen atoms in total. The fourth-order valence-corrected chi connectivity index (χ4v) is 3.55. The Balaban J connectivity index is 1.67. The molecule has 0 spiro atoms. The molecule has 0 radical (unpaired) electrons. The molecule has 0 aliphatic carbocycles. The highest BCUT2D eigenvalue weighted by Gasteiger charge is 2.37. The van der Waals surface area contributed by atoms with Crippen LogP contribution in [0.15, 0.2) is 42.7 Å². The number of fused-ring (bicyclic) bond motifs is 1. The number of halogens is 3. The Bertz CT molecular complexity index is 1290. The molecule has 33 heavy (non-hydrogen) atoms. The van der Waals surface area contributed by atoms with Crippen LogP contribution in [0.25, 0.3) is 0 Å². The number of nitrogen functional groups attached to an aromatic ring is 1. The van der Waals surface area contributed by atoms with Crippen molar-refractivity contribution in [1.82, 2.24) is 14.8 Å². The Hall–Kier alpha value is -4.40. The third-order valence-corrected chi connectivity index (χ3v) is 5.14. The number of aromatic nitrogens is 3. The number of hydrogen-bond donors (Lipinski definition) is 2. The second-order valence-corrected chi connectivity index (χ2v) is 7.38. The first-order valence-electron chi connectivity index (χ1n) is 9.63. The van der Waals surface area contributed by atoms with Crippen LogP contribution >= 0.6 is 0 Å². The Kier molecular flexibility index (Phi) is 5.25. The first kappa shape index (κ1) is 21.8. The van der Waals surface area contributed by atoms with E-state index in [-0.39, 0.29) is 41.0 Å². The second-order valence-electron chi connectivity index (χ2n) is 7.38. The van der Waals surface area contributed by atoms with Crippen molar-refractivity contribution in [2.24, 2.45) is 0 Å². The molecule has 168 valence electrons. The summed E-state index contributed by atoms with van der Waals surface area (Å²) in [7, 11) is 0. The van der Waals surface area contributed by atoms with Gasteiger partial charge in [0.2, 0.25) is 0 Å². The quantitative estimate of drug-likeness (QED) is 0.624. The lowest BCUT2D eigenvalue weighted by Crippen LogP contribution is -2.43. The number of pyridine rings is 1. The van der Waals surface area contributed by atoms with Crippen LogP contribution < -0.4 is 16.0 Å². The summed E-state index contributed by atoms with van der Waals surface area (Å²) in [5.74, 6) is -0.889. The number of nitrogens with zero attached hydrogens (tertiary/aromatic N) is 5. The van der Waals surface area contributed by atoms with Crippen LogP contribution in [0.1, 0.15) is 44.9 Å². The van der Waals surface area contributed by atoms with Gasteiger partial charge in [0.05, 0.1) is 40.7 Å². The lowest BCUT2D eigenvalue weighted by atomic mass is 10.1. The second kappa shape index (κ2) is 7.94. The van der Waals surface area contributed by atoms with E-state index in [0.29, 0.717) is 0 Å². The number of benzene rings is 1. The number of nitriles is 1. The molecule has 1 aromatic carbocycles. The van der Waals surface area contributed by atoms with Crippen molar-refractivity contribution in [3.63, 3.8) is 0 Å². The summed E-state index contributed by atoms with van der Waals surface area (Å²) in [6.45, 7) is 1.87. The molecule has 3 aromatic rings. The van der Waals surface area contributed by atoms with E-state index in [1.165, 1.54) is 40.2 Å². The molecule has 12 heteroatoms. The van der Waals surface area contributed by atoms with E-state index < -0.39 is 29.1 Å². The van der Waals surface area contributed by atoms with Gasteiger partial charge < -0.3 is 16.0 Å². The molecule has 3 heterocycles. The van der Waals surface area contributed by atoms with E-state index in [0.717, 1.165) is 18.2 Å². The van der Waals surface area contributed by atoms with Crippen LogP contribution in [0.2, 0.25) is 0 Å². The molecule has 0 fully saturated rings. The van der Waals surface area contributed by atoms with E-state index >= 15 is 0 Å². The minimum Gasteiger partial charge on any atom is -0.384 e. The van der Waals surface area contributed by atoms with E-state index in [1.807, 2.05) is 0 Å². The van der Waals surface area contributed by atoms with Gasteiger partial charge in [-0.3, -0.25) is 14.3 Å². The minimum absolute atomic E-state index is 0.0592. The molecule has 1 aliphatic rings. The van der Waals surface area contributed by atoms with Crippen molar-refractivity contribution in [1.29, 1.82) is 5.26 Å². The van der Waals surface area contributed by atoms with Gasteiger partial charge in [0.1, 0.15) is 5.82 Å². The molecule has 2 amide bonds. The van der Waals surface area contributed by atoms with Crippen molar-refractivity contribution in [3.05, 3.63) is 65.1 Å². The maximum atomic E-state index is 13.3. The predicted molar refractivity (Wildman–Crippen MR) is 111 cm³/mol. The molecule has 3 N–H and O–H groups in total. The Morgan fingerprint density at radius 1 is 1.27 bits per heavy atom. The van der Waals surface area contributed by atoms with Gasteiger partial charge in [-0.1, -0.05) is 0 Å². The third-order valence-electron chi connectivity index (χ3n) is 5.14. The number of alkyl halides is 3. The fraction of sp³-hybridized carbons (Fsp3) is 0.190. The molecule has 4 rings (SSSR count). The van der Waals surface area contributed by atoms with Crippen LogP contribution in [0.3, 0.4) is 0 Å². The van der Waals surface area contributed by atoms with Crippen LogP contribution in [0, 0.1) is 11.3 Å². The Morgan fingerprint density at radius 3 is 2.67 bits per heavy atom. The van der Waals surface area contributed by atoms with Gasteiger partial charge in [-0.2, -0.15) is 23.5 Å². The smallest absolute Gasteiger partial charge is 0.384 e. The van der Waals surface area contributed by atoms with Crippen LogP contribution in [-0.4, -0.2) is 33.1 Å². The molecule has 0 bridgehead atoms. The lowest BCUT2D eigenvalue weighted by molar-refractivity contribution is -0.137. The Morgan fingerprint density at radius 2 is 2.03 bits per heavy atom. The minimum atomic E-state index is -4.70. The number of nitrogens with two attached hydrogens (primary N) is 1. The number of amides is 2. The molecule has 1 aliphatic heterocycles. The summed E-state index contributed by atoms with van der Waals surface area (Å²) in [4.78, 5) is 30.9. The highest BCUT2D eigenvalue weighted by molar-refractivity contribution is 6.13. The zero-order valence-corrected chi connectivity index (χ0v) is 17.1. The SMILES string of the molecule is C[C@H]1CN(c2ccc(C(F)(F)F)c(C#N)c2)C(=O)c2c(NC(=O)c3ccc(N)nc3)cnn21. The standard InChI is InChI=1S/C21H16F3N7O2/c1-11-10-30(14-3-4-15(21(22,23)24)13(6-14)7-25)20(33)18-16(9-28-31(11)18)29-19(32)12-2-5-17(26)27-8-12/h2-6,8-9,11H,10H2,1H3,(H2,26,27)(H,29,32)/t11-/m0/s1. The average molecular weight is 455 g/mol. The summed E-state index contributed by atoms with van der Waals surface area (Å²) in [6, 6.07) is 7.04. The van der Waals surface area contributed by atoms with E-state index in [9.17, 15) is 28.0 Å². The first-order chi connectivity index (χ1) is 15.6.